The van der Waals surface area contributed by atoms with E-state index in [-0.39, 0.29) is 41.0 Å². The average Bonchev–Trinajstić information content (AvgIpc) is 3.05. The molecule has 0 unspecified atom stereocenters. The van der Waals surface area contributed by atoms with Gasteiger partial charge in [-0.3, -0.25) is 14.3 Å². The number of para-hydroxylation sites is 1. The zero-order chi connectivity index (χ0) is 21.2. The van der Waals surface area contributed by atoms with Crippen molar-refractivity contribution in [2.75, 3.05) is 16.7 Å². The summed E-state index contributed by atoms with van der Waals surface area (Å²) in [7, 11) is -2.54. The third-order valence-electron chi connectivity index (χ3n) is 4.99. The van der Waals surface area contributed by atoms with E-state index in [1.54, 1.807) is 0 Å². The molecule has 0 aliphatic carbocycles. The molecule has 1 N–H and O–H groups in total. The predicted octanol–water partition coefficient (Wildman–Crippen LogP) is 3.27. The minimum absolute atomic E-state index is 0.0474. The first-order valence-corrected chi connectivity index (χ1v) is 11.0. The molecule has 0 saturated carbocycles. The zero-order valence-electron chi connectivity index (χ0n) is 16.7. The van der Waals surface area contributed by atoms with Gasteiger partial charge in [0.2, 0.25) is 11.8 Å². The molecule has 7 nitrogen and oxygen atoms in total. The first-order valence-electron chi connectivity index (χ1n) is 9.49. The lowest BCUT2D eigenvalue weighted by atomic mass is 10.0. The summed E-state index contributed by atoms with van der Waals surface area (Å²) in [6, 6.07) is 9.84. The van der Waals surface area contributed by atoms with Gasteiger partial charge in [-0.15, -0.1) is 0 Å². The van der Waals surface area contributed by atoms with Crippen molar-refractivity contribution >= 4 is 33.2 Å². The van der Waals surface area contributed by atoms with Crippen LogP contribution in [-0.2, 0) is 32.5 Å². The number of benzene rings is 2. The Morgan fingerprint density at radius 1 is 1.00 bits per heavy atom. The molecule has 1 aliphatic rings. The number of hydrogen-bond donors (Lipinski definition) is 1. The van der Waals surface area contributed by atoms with Gasteiger partial charge in [0, 0.05) is 12.8 Å². The summed E-state index contributed by atoms with van der Waals surface area (Å²) in [4.78, 5) is 25.3. The number of hydrogen-bond acceptors (Lipinski definition) is 5. The van der Waals surface area contributed by atoms with Crippen LogP contribution in [-0.4, -0.2) is 27.3 Å². The summed E-state index contributed by atoms with van der Waals surface area (Å²) in [6.45, 7) is 3.92. The fourth-order valence-corrected chi connectivity index (χ4v) is 4.59. The van der Waals surface area contributed by atoms with Crippen molar-refractivity contribution in [2.45, 2.75) is 44.4 Å². The number of carbonyl (C=O) groups is 2. The van der Waals surface area contributed by atoms with Crippen molar-refractivity contribution in [1.29, 1.82) is 0 Å². The SMILES string of the molecule is CCc1cccc(CC)c1NS(=O)(=O)c1ccc(OC)c(N2C(=O)CCC2=O)c1. The van der Waals surface area contributed by atoms with Crippen LogP contribution >= 0.6 is 0 Å². The van der Waals surface area contributed by atoms with E-state index >= 15 is 0 Å². The third-order valence-corrected chi connectivity index (χ3v) is 6.34. The van der Waals surface area contributed by atoms with Gasteiger partial charge in [-0.25, -0.2) is 13.3 Å². The van der Waals surface area contributed by atoms with Gasteiger partial charge in [0.15, 0.2) is 0 Å². The van der Waals surface area contributed by atoms with Gasteiger partial charge < -0.3 is 4.74 Å². The highest BCUT2D eigenvalue weighted by Gasteiger charge is 2.33. The topological polar surface area (TPSA) is 92.8 Å². The molecule has 29 heavy (non-hydrogen) atoms. The molecule has 1 fully saturated rings. The number of aryl methyl sites for hydroxylation is 2. The lowest BCUT2D eigenvalue weighted by Crippen LogP contribution is -2.29. The van der Waals surface area contributed by atoms with Gasteiger partial charge >= 0.3 is 0 Å². The molecule has 0 atom stereocenters. The molecule has 2 amide bonds. The summed E-state index contributed by atoms with van der Waals surface area (Å²) in [5.74, 6) is -0.489. The number of nitrogens with zero attached hydrogens (tertiary/aromatic N) is 1. The Labute approximate surface area is 170 Å². The van der Waals surface area contributed by atoms with Crippen LogP contribution < -0.4 is 14.4 Å². The minimum atomic E-state index is -3.95. The van der Waals surface area contributed by atoms with Crippen molar-refractivity contribution in [3.8, 4) is 5.75 Å². The van der Waals surface area contributed by atoms with Gasteiger partial charge in [-0.05, 0) is 42.2 Å². The molecular formula is C21H24N2O5S. The number of imide groups is 1. The van der Waals surface area contributed by atoms with Crippen molar-refractivity contribution in [1.82, 2.24) is 0 Å². The van der Waals surface area contributed by atoms with Crippen LogP contribution in [0.5, 0.6) is 5.75 Å². The molecule has 2 aromatic carbocycles. The Morgan fingerprint density at radius 3 is 2.10 bits per heavy atom. The molecule has 3 rings (SSSR count). The monoisotopic (exact) mass is 416 g/mol. The molecule has 1 saturated heterocycles. The van der Waals surface area contributed by atoms with Crippen LogP contribution in [0.2, 0.25) is 0 Å². The Bertz CT molecular complexity index is 1020. The zero-order valence-corrected chi connectivity index (χ0v) is 17.5. The van der Waals surface area contributed by atoms with E-state index in [0.717, 1.165) is 16.0 Å². The van der Waals surface area contributed by atoms with E-state index in [9.17, 15) is 18.0 Å². The molecule has 1 aliphatic heterocycles. The van der Waals surface area contributed by atoms with Gasteiger partial charge in [0.05, 0.1) is 23.4 Å². The second kappa shape index (κ2) is 8.24. The largest absolute Gasteiger partial charge is 0.495 e. The fraction of sp³-hybridized carbons (Fsp3) is 0.333. The summed E-state index contributed by atoms with van der Waals surface area (Å²) >= 11 is 0. The predicted molar refractivity (Wildman–Crippen MR) is 111 cm³/mol. The third kappa shape index (κ3) is 3.98. The van der Waals surface area contributed by atoms with Crippen LogP contribution in [0.25, 0.3) is 0 Å². The number of anilines is 2. The molecular weight excluding hydrogens is 392 g/mol. The number of nitrogens with one attached hydrogen (secondary N) is 1. The van der Waals surface area contributed by atoms with Crippen molar-refractivity contribution < 1.29 is 22.7 Å². The maximum absolute atomic E-state index is 13.1. The van der Waals surface area contributed by atoms with E-state index in [0.29, 0.717) is 18.5 Å². The van der Waals surface area contributed by atoms with Gasteiger partial charge in [0.1, 0.15) is 5.75 Å². The lowest BCUT2D eigenvalue weighted by Gasteiger charge is -2.20. The van der Waals surface area contributed by atoms with E-state index in [1.807, 2.05) is 32.0 Å². The van der Waals surface area contributed by atoms with E-state index in [2.05, 4.69) is 4.72 Å². The minimum Gasteiger partial charge on any atom is -0.495 e. The van der Waals surface area contributed by atoms with Crippen molar-refractivity contribution in [3.63, 3.8) is 0 Å². The van der Waals surface area contributed by atoms with Gasteiger partial charge in [0.25, 0.3) is 10.0 Å². The van der Waals surface area contributed by atoms with Crippen molar-refractivity contribution in [3.05, 3.63) is 47.5 Å². The van der Waals surface area contributed by atoms with Crippen LogP contribution in [0.1, 0.15) is 37.8 Å². The van der Waals surface area contributed by atoms with Crippen LogP contribution in [0.3, 0.4) is 0 Å². The van der Waals surface area contributed by atoms with Gasteiger partial charge in [-0.2, -0.15) is 0 Å². The molecule has 0 radical (unpaired) electrons. The Kier molecular flexibility index (Phi) is 5.93. The highest BCUT2D eigenvalue weighted by molar-refractivity contribution is 7.92. The average molecular weight is 416 g/mol. The second-order valence-electron chi connectivity index (χ2n) is 6.72. The Hall–Kier alpha value is -2.87. The van der Waals surface area contributed by atoms with Crippen LogP contribution in [0.4, 0.5) is 11.4 Å². The maximum atomic E-state index is 13.1. The second-order valence-corrected chi connectivity index (χ2v) is 8.40. The standard InChI is InChI=1S/C21H24N2O5S/c1-4-14-7-6-8-15(5-2)21(14)22-29(26,27)16-9-10-18(28-3)17(13-16)23-19(24)11-12-20(23)25/h6-10,13,22H,4-5,11-12H2,1-3H3. The highest BCUT2D eigenvalue weighted by atomic mass is 32.2. The van der Waals surface area contributed by atoms with Crippen molar-refractivity contribution in [2.24, 2.45) is 0 Å². The summed E-state index contributed by atoms with van der Waals surface area (Å²) in [6.07, 6.45) is 1.55. The van der Waals surface area contributed by atoms with E-state index in [1.165, 1.54) is 25.3 Å². The molecule has 0 bridgehead atoms. The molecule has 2 aromatic rings. The molecule has 8 heteroatoms. The fourth-order valence-electron chi connectivity index (χ4n) is 3.42. The number of ether oxygens (including phenoxy) is 1. The van der Waals surface area contributed by atoms with E-state index < -0.39 is 10.0 Å². The normalized spacial score (nSPS) is 14.4. The van der Waals surface area contributed by atoms with E-state index in [4.69, 9.17) is 4.74 Å². The summed E-state index contributed by atoms with van der Waals surface area (Å²) in [5, 5.41) is 0. The first-order chi connectivity index (χ1) is 13.8. The van der Waals surface area contributed by atoms with Crippen LogP contribution in [0, 0.1) is 0 Å². The maximum Gasteiger partial charge on any atom is 0.261 e. The number of methoxy groups -OCH3 is 1. The molecule has 0 aromatic heterocycles. The summed E-state index contributed by atoms with van der Waals surface area (Å²) < 4.78 is 34.2. The number of sulfonamides is 1. The number of rotatable bonds is 7. The Balaban J connectivity index is 2.06. The smallest absolute Gasteiger partial charge is 0.261 e. The highest BCUT2D eigenvalue weighted by Crippen LogP contribution is 2.35. The van der Waals surface area contributed by atoms with Gasteiger partial charge in [-0.1, -0.05) is 32.0 Å². The number of carbonyl (C=O) groups excluding carboxylic acids is 2. The quantitative estimate of drug-likeness (QED) is 0.699. The molecule has 154 valence electrons. The van der Waals surface area contributed by atoms with Crippen LogP contribution in [0.15, 0.2) is 41.3 Å². The Morgan fingerprint density at radius 2 is 1.59 bits per heavy atom. The number of amides is 2. The molecule has 0 spiro atoms. The summed E-state index contributed by atoms with van der Waals surface area (Å²) in [5.41, 5.74) is 2.50. The lowest BCUT2D eigenvalue weighted by molar-refractivity contribution is -0.121. The first kappa shape index (κ1) is 20.9. The molecule has 1 heterocycles.